The molecule has 0 unspecified atom stereocenters. The molecule has 116 valence electrons. The van der Waals surface area contributed by atoms with Crippen molar-refractivity contribution in [3.05, 3.63) is 34.7 Å². The lowest BCUT2D eigenvalue weighted by Crippen LogP contribution is -2.39. The number of para-hydroxylation sites is 2. The van der Waals surface area contributed by atoms with Gasteiger partial charge in [0.15, 0.2) is 0 Å². The van der Waals surface area contributed by atoms with E-state index in [4.69, 9.17) is 4.74 Å². The number of hydrogen-bond acceptors (Lipinski definition) is 3. The van der Waals surface area contributed by atoms with E-state index >= 15 is 0 Å². The average molecular weight is 291 g/mol. The van der Waals surface area contributed by atoms with Crippen molar-refractivity contribution in [3.63, 3.8) is 0 Å². The van der Waals surface area contributed by atoms with E-state index in [9.17, 15) is 4.79 Å². The van der Waals surface area contributed by atoms with Crippen LogP contribution in [-0.2, 0) is 18.3 Å². The number of rotatable bonds is 3. The monoisotopic (exact) mass is 291 g/mol. The Labute approximate surface area is 125 Å². The van der Waals surface area contributed by atoms with E-state index in [1.54, 1.807) is 4.57 Å². The Morgan fingerprint density at radius 2 is 1.67 bits per heavy atom. The molecule has 0 aliphatic carbocycles. The largest absolute Gasteiger partial charge is 0.379 e. The summed E-state index contributed by atoms with van der Waals surface area (Å²) in [6.07, 6.45) is 0. The predicted octanol–water partition coefficient (Wildman–Crippen LogP) is 1.70. The summed E-state index contributed by atoms with van der Waals surface area (Å²) < 4.78 is 8.92. The van der Waals surface area contributed by atoms with Crippen molar-refractivity contribution in [1.82, 2.24) is 14.0 Å². The molecule has 0 saturated carbocycles. The third-order valence-electron chi connectivity index (χ3n) is 3.80. The fourth-order valence-electron chi connectivity index (χ4n) is 2.65. The van der Waals surface area contributed by atoms with Crippen LogP contribution >= 0.6 is 0 Å². The molecule has 1 aliphatic heterocycles. The fraction of sp³-hybridized carbons (Fsp3) is 0.562. The van der Waals surface area contributed by atoms with Gasteiger partial charge in [-0.1, -0.05) is 26.0 Å². The van der Waals surface area contributed by atoms with Gasteiger partial charge in [-0.25, -0.2) is 4.79 Å². The molecule has 1 aromatic heterocycles. The maximum atomic E-state index is 12.2. The van der Waals surface area contributed by atoms with Gasteiger partial charge in [0.05, 0.1) is 24.2 Å². The second-order valence-corrected chi connectivity index (χ2v) is 4.94. The van der Waals surface area contributed by atoms with Crippen molar-refractivity contribution in [2.45, 2.75) is 20.4 Å². The summed E-state index contributed by atoms with van der Waals surface area (Å²) >= 11 is 0. The van der Waals surface area contributed by atoms with Gasteiger partial charge in [-0.2, -0.15) is 0 Å². The van der Waals surface area contributed by atoms with Crippen molar-refractivity contribution in [2.75, 3.05) is 32.8 Å². The van der Waals surface area contributed by atoms with Gasteiger partial charge in [0.2, 0.25) is 0 Å². The zero-order chi connectivity index (χ0) is 15.2. The molecule has 0 radical (unpaired) electrons. The first-order valence-electron chi connectivity index (χ1n) is 7.72. The van der Waals surface area contributed by atoms with E-state index in [-0.39, 0.29) is 5.69 Å². The number of ether oxygens (including phenoxy) is 1. The smallest absolute Gasteiger partial charge is 0.328 e. The van der Waals surface area contributed by atoms with Crippen LogP contribution in [0.5, 0.6) is 0 Å². The lowest BCUT2D eigenvalue weighted by Gasteiger charge is -2.26. The minimum Gasteiger partial charge on any atom is -0.379 e. The van der Waals surface area contributed by atoms with Crippen LogP contribution < -0.4 is 5.69 Å². The summed E-state index contributed by atoms with van der Waals surface area (Å²) in [5.41, 5.74) is 2.08. The molecule has 21 heavy (non-hydrogen) atoms. The maximum absolute atomic E-state index is 12.2. The number of aromatic nitrogens is 2. The third kappa shape index (κ3) is 3.36. The number of aryl methyl sites for hydroxylation is 1. The van der Waals surface area contributed by atoms with Crippen LogP contribution in [0.25, 0.3) is 11.0 Å². The van der Waals surface area contributed by atoms with Gasteiger partial charge in [-0.3, -0.25) is 14.0 Å². The zero-order valence-electron chi connectivity index (χ0n) is 13.2. The van der Waals surface area contributed by atoms with Gasteiger partial charge >= 0.3 is 5.69 Å². The van der Waals surface area contributed by atoms with Crippen molar-refractivity contribution >= 4 is 11.0 Å². The summed E-state index contributed by atoms with van der Waals surface area (Å²) in [6.45, 7) is 9.14. The second kappa shape index (κ2) is 7.43. The fourth-order valence-corrected chi connectivity index (χ4v) is 2.65. The normalized spacial score (nSPS) is 15.8. The van der Waals surface area contributed by atoms with Gasteiger partial charge in [0.1, 0.15) is 0 Å². The van der Waals surface area contributed by atoms with Gasteiger partial charge in [0.25, 0.3) is 0 Å². The van der Waals surface area contributed by atoms with E-state index in [0.717, 1.165) is 50.4 Å². The third-order valence-corrected chi connectivity index (χ3v) is 3.80. The molecule has 3 rings (SSSR count). The molecule has 0 atom stereocenters. The van der Waals surface area contributed by atoms with Gasteiger partial charge in [-0.15, -0.1) is 0 Å². The highest BCUT2D eigenvalue weighted by atomic mass is 16.5. The Morgan fingerprint density at radius 3 is 2.33 bits per heavy atom. The average Bonchev–Trinajstić information content (AvgIpc) is 2.80. The van der Waals surface area contributed by atoms with E-state index in [1.807, 2.05) is 49.7 Å². The van der Waals surface area contributed by atoms with E-state index in [1.165, 1.54) is 0 Å². The molecule has 0 amide bonds. The Kier molecular flexibility index (Phi) is 5.59. The molecular formula is C16H25N3O2. The molecule has 5 nitrogen and oxygen atoms in total. The van der Waals surface area contributed by atoms with Crippen molar-refractivity contribution in [3.8, 4) is 0 Å². The number of fused-ring (bicyclic) bond motifs is 1. The molecule has 0 bridgehead atoms. The molecule has 1 saturated heterocycles. The Bertz CT molecular complexity index is 624. The Balaban J connectivity index is 0.000000774. The van der Waals surface area contributed by atoms with Gasteiger partial charge in [0, 0.05) is 33.2 Å². The SMILES string of the molecule is CC.Cn1c(=O)n(CCN2CCOCC2)c2ccccc21. The van der Waals surface area contributed by atoms with Gasteiger partial charge in [-0.05, 0) is 12.1 Å². The first-order valence-corrected chi connectivity index (χ1v) is 7.72. The first kappa shape index (κ1) is 15.8. The molecule has 1 aromatic carbocycles. The Hall–Kier alpha value is -1.59. The number of benzene rings is 1. The predicted molar refractivity (Wildman–Crippen MR) is 85.8 cm³/mol. The van der Waals surface area contributed by atoms with Crippen molar-refractivity contribution in [1.29, 1.82) is 0 Å². The topological polar surface area (TPSA) is 39.4 Å². The lowest BCUT2D eigenvalue weighted by molar-refractivity contribution is 0.0364. The van der Waals surface area contributed by atoms with Crippen LogP contribution in [0.3, 0.4) is 0 Å². The van der Waals surface area contributed by atoms with Crippen molar-refractivity contribution in [2.24, 2.45) is 7.05 Å². The van der Waals surface area contributed by atoms with Crippen LogP contribution in [-0.4, -0.2) is 46.9 Å². The molecule has 2 heterocycles. The standard InChI is InChI=1S/C14H19N3O2.C2H6/c1-15-12-4-2-3-5-13(12)17(14(15)18)7-6-16-8-10-19-11-9-16;1-2/h2-5H,6-11H2,1H3;1-2H3. The summed E-state index contributed by atoms with van der Waals surface area (Å²) in [6, 6.07) is 7.94. The zero-order valence-corrected chi connectivity index (χ0v) is 13.2. The molecule has 2 aromatic rings. The molecular weight excluding hydrogens is 266 g/mol. The summed E-state index contributed by atoms with van der Waals surface area (Å²) in [5.74, 6) is 0. The quantitative estimate of drug-likeness (QED) is 0.864. The summed E-state index contributed by atoms with van der Waals surface area (Å²) in [4.78, 5) is 14.6. The number of imidazole rings is 1. The summed E-state index contributed by atoms with van der Waals surface area (Å²) in [7, 11) is 1.83. The first-order chi connectivity index (χ1) is 10.3. The molecule has 1 aliphatic rings. The molecule has 5 heteroatoms. The van der Waals surface area contributed by atoms with Crippen LogP contribution in [0.1, 0.15) is 13.8 Å². The molecule has 0 N–H and O–H groups in total. The molecule has 1 fully saturated rings. The van der Waals surface area contributed by atoms with E-state index < -0.39 is 0 Å². The van der Waals surface area contributed by atoms with Gasteiger partial charge < -0.3 is 4.74 Å². The highest BCUT2D eigenvalue weighted by Crippen LogP contribution is 2.11. The lowest BCUT2D eigenvalue weighted by atomic mass is 10.3. The van der Waals surface area contributed by atoms with E-state index in [0.29, 0.717) is 0 Å². The Morgan fingerprint density at radius 1 is 1.05 bits per heavy atom. The minimum absolute atomic E-state index is 0.0643. The van der Waals surface area contributed by atoms with Crippen LogP contribution in [0.2, 0.25) is 0 Å². The highest BCUT2D eigenvalue weighted by molar-refractivity contribution is 5.75. The number of nitrogens with zero attached hydrogens (tertiary/aromatic N) is 3. The van der Waals surface area contributed by atoms with Crippen molar-refractivity contribution < 1.29 is 4.74 Å². The van der Waals surface area contributed by atoms with Crippen LogP contribution in [0, 0.1) is 0 Å². The van der Waals surface area contributed by atoms with Crippen LogP contribution in [0.15, 0.2) is 29.1 Å². The number of morpholine rings is 1. The van der Waals surface area contributed by atoms with E-state index in [2.05, 4.69) is 4.90 Å². The molecule has 0 spiro atoms. The van der Waals surface area contributed by atoms with Crippen LogP contribution in [0.4, 0.5) is 0 Å². The minimum atomic E-state index is 0.0643. The summed E-state index contributed by atoms with van der Waals surface area (Å²) in [5, 5.41) is 0. The number of hydrogen-bond donors (Lipinski definition) is 0. The second-order valence-electron chi connectivity index (χ2n) is 4.94. The highest BCUT2D eigenvalue weighted by Gasteiger charge is 2.13. The maximum Gasteiger partial charge on any atom is 0.328 e.